The maximum absolute atomic E-state index is 12.7. The van der Waals surface area contributed by atoms with E-state index in [1.54, 1.807) is 0 Å². The number of anilines is 2. The third-order valence-electron chi connectivity index (χ3n) is 5.39. The second-order valence-electron chi connectivity index (χ2n) is 7.40. The first kappa shape index (κ1) is 17.6. The van der Waals surface area contributed by atoms with Gasteiger partial charge >= 0.3 is 0 Å². The van der Waals surface area contributed by atoms with Crippen molar-refractivity contribution in [2.75, 3.05) is 36.4 Å². The second kappa shape index (κ2) is 7.43. The normalized spacial score (nSPS) is 16.9. The number of carbonyl (C=O) groups is 2. The van der Waals surface area contributed by atoms with Crippen LogP contribution in [-0.2, 0) is 4.79 Å². The molecule has 0 radical (unpaired) electrons. The van der Waals surface area contributed by atoms with E-state index in [9.17, 15) is 9.59 Å². The molecule has 0 bridgehead atoms. The van der Waals surface area contributed by atoms with Crippen LogP contribution in [-0.4, -0.2) is 42.9 Å². The third kappa shape index (κ3) is 3.97. The van der Waals surface area contributed by atoms with Crippen LogP contribution in [0.4, 0.5) is 11.4 Å². The van der Waals surface area contributed by atoms with Gasteiger partial charge < -0.3 is 15.1 Å². The summed E-state index contributed by atoms with van der Waals surface area (Å²) in [5, 5.41) is 2.97. The predicted octanol–water partition coefficient (Wildman–Crippen LogP) is 3.31. The van der Waals surface area contributed by atoms with E-state index in [0.29, 0.717) is 13.1 Å². The van der Waals surface area contributed by atoms with Crippen molar-refractivity contribution in [3.63, 3.8) is 0 Å². The van der Waals surface area contributed by atoms with E-state index in [-0.39, 0.29) is 17.7 Å². The Morgan fingerprint density at radius 1 is 0.926 bits per heavy atom. The average Bonchev–Trinajstić information content (AvgIpc) is 3.54. The molecule has 2 fully saturated rings. The lowest BCUT2D eigenvalue weighted by Gasteiger charge is -2.36. The number of carbonyl (C=O) groups excluding carboxylic acids is 2. The molecule has 27 heavy (non-hydrogen) atoms. The van der Waals surface area contributed by atoms with Gasteiger partial charge in [-0.3, -0.25) is 9.59 Å². The van der Waals surface area contributed by atoms with Crippen molar-refractivity contribution in [1.82, 2.24) is 4.90 Å². The molecule has 0 spiro atoms. The fourth-order valence-electron chi connectivity index (χ4n) is 3.50. The van der Waals surface area contributed by atoms with Gasteiger partial charge in [-0.15, -0.1) is 0 Å². The summed E-state index contributed by atoms with van der Waals surface area (Å²) in [7, 11) is 0. The molecule has 1 saturated heterocycles. The maximum atomic E-state index is 12.7. The van der Waals surface area contributed by atoms with E-state index in [0.717, 1.165) is 48.4 Å². The summed E-state index contributed by atoms with van der Waals surface area (Å²) in [4.78, 5) is 28.8. The summed E-state index contributed by atoms with van der Waals surface area (Å²) in [6.07, 6.45) is 2.02. The van der Waals surface area contributed by atoms with E-state index in [1.807, 2.05) is 60.4 Å². The molecule has 2 amide bonds. The number of nitrogens with zero attached hydrogens (tertiary/aromatic N) is 2. The van der Waals surface area contributed by atoms with Crippen LogP contribution in [0.2, 0.25) is 0 Å². The molecule has 0 atom stereocenters. The van der Waals surface area contributed by atoms with E-state index < -0.39 is 0 Å². The summed E-state index contributed by atoms with van der Waals surface area (Å²) in [5.41, 5.74) is 3.79. The number of rotatable bonds is 4. The molecule has 0 aromatic heterocycles. The Labute approximate surface area is 160 Å². The minimum Gasteiger partial charge on any atom is -0.368 e. The largest absolute Gasteiger partial charge is 0.368 e. The van der Waals surface area contributed by atoms with Crippen LogP contribution >= 0.6 is 0 Å². The second-order valence-corrected chi connectivity index (χ2v) is 7.40. The number of hydrogen-bond acceptors (Lipinski definition) is 3. The standard InChI is InChI=1S/C22H25N3O2/c1-16-4-2-3-5-20(16)22(27)25-14-12-24(13-15-25)19-10-8-18(9-11-19)23-21(26)17-6-7-17/h2-5,8-11,17H,6-7,12-15H2,1H3,(H,23,26). The fourth-order valence-corrected chi connectivity index (χ4v) is 3.50. The van der Waals surface area contributed by atoms with Gasteiger partial charge in [-0.1, -0.05) is 18.2 Å². The minimum absolute atomic E-state index is 0.117. The Kier molecular flexibility index (Phi) is 4.84. The van der Waals surface area contributed by atoms with Crippen molar-refractivity contribution in [3.8, 4) is 0 Å². The quantitative estimate of drug-likeness (QED) is 0.907. The Balaban J connectivity index is 1.34. The van der Waals surface area contributed by atoms with E-state index >= 15 is 0 Å². The van der Waals surface area contributed by atoms with Crippen LogP contribution in [0.1, 0.15) is 28.8 Å². The number of benzene rings is 2. The molecule has 4 rings (SSSR count). The van der Waals surface area contributed by atoms with Crippen molar-refractivity contribution in [2.45, 2.75) is 19.8 Å². The van der Waals surface area contributed by atoms with Crippen molar-refractivity contribution < 1.29 is 9.59 Å². The number of hydrogen-bond donors (Lipinski definition) is 1. The summed E-state index contributed by atoms with van der Waals surface area (Å²) < 4.78 is 0. The predicted molar refractivity (Wildman–Crippen MR) is 107 cm³/mol. The molecule has 0 unspecified atom stereocenters. The molecule has 2 aliphatic rings. The Morgan fingerprint density at radius 3 is 2.22 bits per heavy atom. The van der Waals surface area contributed by atoms with E-state index in [4.69, 9.17) is 0 Å². The van der Waals surface area contributed by atoms with Crippen molar-refractivity contribution in [2.24, 2.45) is 5.92 Å². The Bertz CT molecular complexity index is 835. The van der Waals surface area contributed by atoms with Crippen LogP contribution in [0.3, 0.4) is 0 Å². The van der Waals surface area contributed by atoms with Gasteiger partial charge in [-0.2, -0.15) is 0 Å². The maximum Gasteiger partial charge on any atom is 0.254 e. The first-order valence-electron chi connectivity index (χ1n) is 9.62. The topological polar surface area (TPSA) is 52.7 Å². The summed E-state index contributed by atoms with van der Waals surface area (Å²) in [5.74, 6) is 0.459. The molecule has 1 aliphatic carbocycles. The first-order chi connectivity index (χ1) is 13.1. The number of piperazine rings is 1. The van der Waals surface area contributed by atoms with Crippen LogP contribution in [0.15, 0.2) is 48.5 Å². The molecule has 1 saturated carbocycles. The molecule has 5 nitrogen and oxygen atoms in total. The molecule has 140 valence electrons. The van der Waals surface area contributed by atoms with Gasteiger partial charge in [0.2, 0.25) is 5.91 Å². The lowest BCUT2D eigenvalue weighted by Crippen LogP contribution is -2.48. The monoisotopic (exact) mass is 363 g/mol. The lowest BCUT2D eigenvalue weighted by atomic mass is 10.1. The van der Waals surface area contributed by atoms with Gasteiger partial charge in [0.15, 0.2) is 0 Å². The van der Waals surface area contributed by atoms with Gasteiger partial charge in [0.1, 0.15) is 0 Å². The molecule has 1 N–H and O–H groups in total. The average molecular weight is 363 g/mol. The van der Waals surface area contributed by atoms with E-state index in [1.165, 1.54) is 0 Å². The lowest BCUT2D eigenvalue weighted by molar-refractivity contribution is -0.117. The first-order valence-corrected chi connectivity index (χ1v) is 9.62. The van der Waals surface area contributed by atoms with Crippen molar-refractivity contribution >= 4 is 23.2 Å². The highest BCUT2D eigenvalue weighted by atomic mass is 16.2. The van der Waals surface area contributed by atoms with Crippen molar-refractivity contribution in [3.05, 3.63) is 59.7 Å². The van der Waals surface area contributed by atoms with Crippen molar-refractivity contribution in [1.29, 1.82) is 0 Å². The van der Waals surface area contributed by atoms with Gasteiger partial charge in [-0.25, -0.2) is 0 Å². The molecule has 1 heterocycles. The smallest absolute Gasteiger partial charge is 0.254 e. The highest BCUT2D eigenvalue weighted by Crippen LogP contribution is 2.30. The van der Waals surface area contributed by atoms with E-state index in [2.05, 4.69) is 10.2 Å². The summed E-state index contributed by atoms with van der Waals surface area (Å²) in [6, 6.07) is 15.8. The summed E-state index contributed by atoms with van der Waals surface area (Å²) >= 11 is 0. The minimum atomic E-state index is 0.117. The van der Waals surface area contributed by atoms with Crippen LogP contribution in [0.5, 0.6) is 0 Å². The van der Waals surface area contributed by atoms with Crippen LogP contribution in [0, 0.1) is 12.8 Å². The molecule has 1 aliphatic heterocycles. The SMILES string of the molecule is Cc1ccccc1C(=O)N1CCN(c2ccc(NC(=O)C3CC3)cc2)CC1. The van der Waals surface area contributed by atoms with Gasteiger partial charge in [0.25, 0.3) is 5.91 Å². The van der Waals surface area contributed by atoms with Gasteiger partial charge in [0, 0.05) is 49.0 Å². The summed E-state index contributed by atoms with van der Waals surface area (Å²) in [6.45, 7) is 5.03. The highest BCUT2D eigenvalue weighted by Gasteiger charge is 2.29. The molecular weight excluding hydrogens is 338 g/mol. The highest BCUT2D eigenvalue weighted by molar-refractivity contribution is 5.96. The Morgan fingerprint density at radius 2 is 1.59 bits per heavy atom. The molecule has 2 aromatic carbocycles. The number of nitrogens with one attached hydrogen (secondary N) is 1. The molecule has 5 heteroatoms. The molecule has 2 aromatic rings. The van der Waals surface area contributed by atoms with Crippen LogP contribution < -0.4 is 10.2 Å². The zero-order chi connectivity index (χ0) is 18.8. The third-order valence-corrected chi connectivity index (χ3v) is 5.39. The van der Waals surface area contributed by atoms with Crippen LogP contribution in [0.25, 0.3) is 0 Å². The zero-order valence-electron chi connectivity index (χ0n) is 15.6. The number of amides is 2. The van der Waals surface area contributed by atoms with Gasteiger partial charge in [0.05, 0.1) is 0 Å². The van der Waals surface area contributed by atoms with Gasteiger partial charge in [-0.05, 0) is 55.7 Å². The Hall–Kier alpha value is -2.82. The molecular formula is C22H25N3O2. The zero-order valence-corrected chi connectivity index (χ0v) is 15.6. The fraction of sp³-hybridized carbons (Fsp3) is 0.364. The number of aryl methyl sites for hydroxylation is 1.